The number of aliphatic hydroxyl groups excluding tert-OH is 1. The molecule has 0 spiro atoms. The second kappa shape index (κ2) is 5.27. The van der Waals surface area contributed by atoms with Crippen LogP contribution in [0.25, 0.3) is 0 Å². The summed E-state index contributed by atoms with van der Waals surface area (Å²) in [5.74, 6) is 1.95. The molecule has 0 bridgehead atoms. The van der Waals surface area contributed by atoms with Crippen LogP contribution in [-0.4, -0.2) is 41.2 Å². The van der Waals surface area contributed by atoms with E-state index in [4.69, 9.17) is 11.6 Å². The number of fused-ring (bicyclic) bond motifs is 1. The number of halogens is 1. The number of likely N-dealkylation sites (tertiary alicyclic amines) is 1. The first kappa shape index (κ1) is 13.2. The van der Waals surface area contributed by atoms with Gasteiger partial charge in [-0.15, -0.1) is 0 Å². The van der Waals surface area contributed by atoms with Crippen LogP contribution in [0.2, 0.25) is 5.02 Å². The fourth-order valence-electron chi connectivity index (χ4n) is 3.40. The van der Waals surface area contributed by atoms with Gasteiger partial charge in [0.1, 0.15) is 5.82 Å². The highest BCUT2D eigenvalue weighted by Gasteiger charge is 2.41. The van der Waals surface area contributed by atoms with Crippen LogP contribution in [0.4, 0.5) is 5.82 Å². The number of anilines is 1. The van der Waals surface area contributed by atoms with Gasteiger partial charge < -0.3 is 10.4 Å². The van der Waals surface area contributed by atoms with Gasteiger partial charge in [0.25, 0.3) is 0 Å². The highest BCUT2D eigenvalue weighted by atomic mass is 35.5. The molecular formula is C14H20ClN3O. The fraction of sp³-hybridized carbons (Fsp3) is 0.643. The van der Waals surface area contributed by atoms with Crippen molar-refractivity contribution >= 4 is 17.4 Å². The summed E-state index contributed by atoms with van der Waals surface area (Å²) in [4.78, 5) is 6.89. The molecule has 1 aliphatic heterocycles. The molecule has 1 aromatic rings. The van der Waals surface area contributed by atoms with Crippen LogP contribution in [0.5, 0.6) is 0 Å². The molecule has 4 nitrogen and oxygen atoms in total. The lowest BCUT2D eigenvalue weighted by Crippen LogP contribution is -2.25. The van der Waals surface area contributed by atoms with Crippen molar-refractivity contribution in [2.24, 2.45) is 11.8 Å². The summed E-state index contributed by atoms with van der Waals surface area (Å²) < 4.78 is 0. The van der Waals surface area contributed by atoms with Crippen LogP contribution in [0.3, 0.4) is 0 Å². The van der Waals surface area contributed by atoms with E-state index in [1.54, 1.807) is 0 Å². The Morgan fingerprint density at radius 1 is 1.42 bits per heavy atom. The Hall–Kier alpha value is -0.840. The molecule has 2 N–H and O–H groups in total. The zero-order valence-corrected chi connectivity index (χ0v) is 11.9. The number of aromatic nitrogens is 1. The molecule has 2 aliphatic rings. The van der Waals surface area contributed by atoms with E-state index < -0.39 is 0 Å². The van der Waals surface area contributed by atoms with Gasteiger partial charge in [0, 0.05) is 32.6 Å². The molecule has 19 heavy (non-hydrogen) atoms. The number of nitrogens with zero attached hydrogens (tertiary/aromatic N) is 2. The summed E-state index contributed by atoms with van der Waals surface area (Å²) >= 11 is 6.21. The number of hydrogen-bond acceptors (Lipinski definition) is 4. The lowest BCUT2D eigenvalue weighted by atomic mass is 10.00. The van der Waals surface area contributed by atoms with E-state index in [9.17, 15) is 5.11 Å². The fourth-order valence-corrected chi connectivity index (χ4v) is 3.57. The maximum atomic E-state index is 9.94. The van der Waals surface area contributed by atoms with Crippen LogP contribution in [-0.2, 0) is 6.54 Å². The standard InChI is InChI=1S/C14H20ClN3O/c1-16-14-5-3-11(15)12(17-14)8-18-6-9-2-4-13(19)10(9)7-18/h3,5,9-10,13,19H,2,4,6-8H2,1H3,(H,16,17). The Bertz CT molecular complexity index is 468. The van der Waals surface area contributed by atoms with Crippen LogP contribution in [0, 0.1) is 11.8 Å². The molecular weight excluding hydrogens is 262 g/mol. The minimum atomic E-state index is -0.109. The topological polar surface area (TPSA) is 48.4 Å². The lowest BCUT2D eigenvalue weighted by Gasteiger charge is -2.18. The minimum absolute atomic E-state index is 0.109. The second-order valence-electron chi connectivity index (χ2n) is 5.64. The maximum absolute atomic E-state index is 9.94. The molecule has 1 aromatic heterocycles. The summed E-state index contributed by atoms with van der Waals surface area (Å²) in [6.45, 7) is 2.80. The second-order valence-corrected chi connectivity index (χ2v) is 6.04. The zero-order chi connectivity index (χ0) is 13.4. The van der Waals surface area contributed by atoms with Crippen molar-refractivity contribution in [3.8, 4) is 0 Å². The monoisotopic (exact) mass is 281 g/mol. The normalized spacial score (nSPS) is 30.6. The summed E-state index contributed by atoms with van der Waals surface area (Å²) in [7, 11) is 1.86. The van der Waals surface area contributed by atoms with Gasteiger partial charge in [0.15, 0.2) is 0 Å². The predicted molar refractivity (Wildman–Crippen MR) is 76.3 cm³/mol. The average Bonchev–Trinajstić information content (AvgIpc) is 2.95. The van der Waals surface area contributed by atoms with E-state index in [1.807, 2.05) is 19.2 Å². The number of rotatable bonds is 3. The van der Waals surface area contributed by atoms with Gasteiger partial charge >= 0.3 is 0 Å². The molecule has 104 valence electrons. The molecule has 1 saturated heterocycles. The largest absolute Gasteiger partial charge is 0.393 e. The highest BCUT2D eigenvalue weighted by molar-refractivity contribution is 6.31. The van der Waals surface area contributed by atoms with Crippen molar-refractivity contribution in [3.05, 3.63) is 22.8 Å². The van der Waals surface area contributed by atoms with E-state index >= 15 is 0 Å². The molecule has 0 amide bonds. The lowest BCUT2D eigenvalue weighted by molar-refractivity contribution is 0.123. The molecule has 0 radical (unpaired) electrons. The van der Waals surface area contributed by atoms with Crippen molar-refractivity contribution in [1.29, 1.82) is 0 Å². The molecule has 0 aromatic carbocycles. The third-order valence-electron chi connectivity index (χ3n) is 4.44. The van der Waals surface area contributed by atoms with Crippen molar-refractivity contribution in [2.75, 3.05) is 25.5 Å². The number of aliphatic hydroxyl groups is 1. The van der Waals surface area contributed by atoms with Crippen molar-refractivity contribution < 1.29 is 5.11 Å². The Kier molecular flexibility index (Phi) is 3.65. The van der Waals surface area contributed by atoms with Gasteiger partial charge in [-0.3, -0.25) is 4.90 Å². The Labute approximate surface area is 118 Å². The van der Waals surface area contributed by atoms with E-state index in [-0.39, 0.29) is 6.10 Å². The summed E-state index contributed by atoms with van der Waals surface area (Å²) in [6, 6.07) is 3.77. The molecule has 2 fully saturated rings. The van der Waals surface area contributed by atoms with Crippen LogP contribution >= 0.6 is 11.6 Å². The number of nitrogens with one attached hydrogen (secondary N) is 1. The SMILES string of the molecule is CNc1ccc(Cl)c(CN2CC3CCC(O)C3C2)n1. The number of pyridine rings is 1. The van der Waals surface area contributed by atoms with E-state index in [2.05, 4.69) is 15.2 Å². The molecule has 5 heteroatoms. The first-order valence-corrected chi connectivity index (χ1v) is 7.28. The maximum Gasteiger partial charge on any atom is 0.126 e. The van der Waals surface area contributed by atoms with Gasteiger partial charge in [0.05, 0.1) is 16.8 Å². The third kappa shape index (κ3) is 2.57. The summed E-state index contributed by atoms with van der Waals surface area (Å²) in [6.07, 6.45) is 2.01. The Balaban J connectivity index is 1.69. The molecule has 1 aliphatic carbocycles. The van der Waals surface area contributed by atoms with E-state index in [1.165, 1.54) is 0 Å². The van der Waals surface area contributed by atoms with Crippen LogP contribution < -0.4 is 5.32 Å². The van der Waals surface area contributed by atoms with Crippen molar-refractivity contribution in [3.63, 3.8) is 0 Å². The van der Waals surface area contributed by atoms with Crippen molar-refractivity contribution in [1.82, 2.24) is 9.88 Å². The average molecular weight is 282 g/mol. The molecule has 3 rings (SSSR count). The molecule has 3 atom stereocenters. The Morgan fingerprint density at radius 2 is 2.26 bits per heavy atom. The first-order valence-electron chi connectivity index (χ1n) is 6.91. The van der Waals surface area contributed by atoms with E-state index in [0.29, 0.717) is 11.8 Å². The van der Waals surface area contributed by atoms with Crippen molar-refractivity contribution in [2.45, 2.75) is 25.5 Å². The quantitative estimate of drug-likeness (QED) is 0.889. The molecule has 2 heterocycles. The molecule has 3 unspecified atom stereocenters. The third-order valence-corrected chi connectivity index (χ3v) is 4.79. The smallest absolute Gasteiger partial charge is 0.126 e. The minimum Gasteiger partial charge on any atom is -0.393 e. The Morgan fingerprint density at radius 3 is 3.00 bits per heavy atom. The van der Waals surface area contributed by atoms with Gasteiger partial charge in [0.2, 0.25) is 0 Å². The van der Waals surface area contributed by atoms with Crippen LogP contribution in [0.1, 0.15) is 18.5 Å². The highest BCUT2D eigenvalue weighted by Crippen LogP contribution is 2.38. The van der Waals surface area contributed by atoms with Gasteiger partial charge in [-0.1, -0.05) is 11.6 Å². The summed E-state index contributed by atoms with van der Waals surface area (Å²) in [5.41, 5.74) is 0.919. The van der Waals surface area contributed by atoms with E-state index in [0.717, 1.165) is 49.0 Å². The predicted octanol–water partition coefficient (Wildman–Crippen LogP) is 1.98. The summed E-state index contributed by atoms with van der Waals surface area (Å²) in [5, 5.41) is 13.7. The van der Waals surface area contributed by atoms with Gasteiger partial charge in [-0.2, -0.15) is 0 Å². The zero-order valence-electron chi connectivity index (χ0n) is 11.1. The van der Waals surface area contributed by atoms with Gasteiger partial charge in [-0.25, -0.2) is 4.98 Å². The van der Waals surface area contributed by atoms with Gasteiger partial charge in [-0.05, 0) is 30.9 Å². The molecule has 1 saturated carbocycles. The number of hydrogen-bond donors (Lipinski definition) is 2. The van der Waals surface area contributed by atoms with Crippen LogP contribution in [0.15, 0.2) is 12.1 Å². The first-order chi connectivity index (χ1) is 9.17.